The molecule has 0 spiro atoms. The van der Waals surface area contributed by atoms with Gasteiger partial charge < -0.3 is 4.74 Å². The van der Waals surface area contributed by atoms with Crippen LogP contribution < -0.4 is 0 Å². The molecule has 0 aliphatic heterocycles. The molecule has 5 nitrogen and oxygen atoms in total. The van der Waals surface area contributed by atoms with E-state index in [9.17, 15) is 13.2 Å². The van der Waals surface area contributed by atoms with Gasteiger partial charge in [-0.2, -0.15) is 4.31 Å². The molecule has 1 aromatic carbocycles. The quantitative estimate of drug-likeness (QED) is 0.786. The minimum Gasteiger partial charge on any atom is -0.465 e. The molecule has 0 radical (unpaired) electrons. The Morgan fingerprint density at radius 1 is 1.23 bits per heavy atom. The molecule has 22 heavy (non-hydrogen) atoms. The summed E-state index contributed by atoms with van der Waals surface area (Å²) in [7, 11) is -1.02. The highest BCUT2D eigenvalue weighted by Crippen LogP contribution is 2.26. The van der Waals surface area contributed by atoms with Gasteiger partial charge in [0.05, 0.1) is 7.11 Å². The van der Waals surface area contributed by atoms with Gasteiger partial charge in [0.2, 0.25) is 10.0 Å². The number of rotatable bonds is 5. The summed E-state index contributed by atoms with van der Waals surface area (Å²) in [6.07, 6.45) is 0. The standard InChI is InChI=1S/C15H17NO4S2/c1-11-4-6-12(7-5-11)10-16(2)22(18,19)13-8-9-21-14(13)15(17)20-3/h4-9H,10H2,1-3H3. The highest BCUT2D eigenvalue weighted by Gasteiger charge is 2.28. The van der Waals surface area contributed by atoms with Crippen LogP contribution in [0.15, 0.2) is 40.6 Å². The van der Waals surface area contributed by atoms with Crippen LogP contribution >= 0.6 is 11.3 Å². The van der Waals surface area contributed by atoms with Crippen LogP contribution in [0.1, 0.15) is 20.8 Å². The molecule has 0 atom stereocenters. The molecule has 118 valence electrons. The van der Waals surface area contributed by atoms with Gasteiger partial charge in [0.25, 0.3) is 0 Å². The first-order chi connectivity index (χ1) is 10.4. The van der Waals surface area contributed by atoms with Crippen molar-refractivity contribution in [3.05, 3.63) is 51.7 Å². The van der Waals surface area contributed by atoms with Crippen LogP contribution in [-0.4, -0.2) is 32.8 Å². The van der Waals surface area contributed by atoms with Gasteiger partial charge in [0.1, 0.15) is 9.77 Å². The van der Waals surface area contributed by atoms with Crippen LogP contribution in [0.2, 0.25) is 0 Å². The van der Waals surface area contributed by atoms with Crippen molar-refractivity contribution < 1.29 is 17.9 Å². The summed E-state index contributed by atoms with van der Waals surface area (Å²) in [4.78, 5) is 11.7. The molecule has 0 N–H and O–H groups in total. The Morgan fingerprint density at radius 2 is 1.86 bits per heavy atom. The normalized spacial score (nSPS) is 11.6. The van der Waals surface area contributed by atoms with Crippen molar-refractivity contribution in [2.24, 2.45) is 0 Å². The van der Waals surface area contributed by atoms with Crippen molar-refractivity contribution >= 4 is 27.3 Å². The molecule has 0 saturated heterocycles. The molecule has 0 aliphatic carbocycles. The van der Waals surface area contributed by atoms with E-state index in [1.165, 1.54) is 24.5 Å². The number of aryl methyl sites for hydroxylation is 1. The van der Waals surface area contributed by atoms with E-state index in [0.717, 1.165) is 22.5 Å². The third-order valence-corrected chi connectivity index (χ3v) is 6.08. The topological polar surface area (TPSA) is 63.7 Å². The Bertz CT molecular complexity index is 763. The number of hydrogen-bond acceptors (Lipinski definition) is 5. The fourth-order valence-corrected chi connectivity index (χ4v) is 4.41. The SMILES string of the molecule is COC(=O)c1sccc1S(=O)(=O)N(C)Cc1ccc(C)cc1. The summed E-state index contributed by atoms with van der Waals surface area (Å²) in [6.45, 7) is 2.21. The second kappa shape index (κ2) is 6.60. The van der Waals surface area contributed by atoms with Gasteiger partial charge in [-0.15, -0.1) is 11.3 Å². The van der Waals surface area contributed by atoms with E-state index in [1.807, 2.05) is 31.2 Å². The molecular formula is C15H17NO4S2. The van der Waals surface area contributed by atoms with Crippen LogP contribution in [0.3, 0.4) is 0 Å². The first-order valence-corrected chi connectivity index (χ1v) is 8.86. The number of ether oxygens (including phenoxy) is 1. The molecular weight excluding hydrogens is 322 g/mol. The molecule has 0 aliphatic rings. The number of thiophene rings is 1. The number of carbonyl (C=O) groups excluding carboxylic acids is 1. The van der Waals surface area contributed by atoms with Gasteiger partial charge >= 0.3 is 5.97 Å². The van der Waals surface area contributed by atoms with Gasteiger partial charge in [0.15, 0.2) is 0 Å². The zero-order valence-corrected chi connectivity index (χ0v) is 14.2. The maximum absolute atomic E-state index is 12.6. The van der Waals surface area contributed by atoms with Gasteiger partial charge in [-0.25, -0.2) is 13.2 Å². The maximum atomic E-state index is 12.6. The molecule has 2 aromatic rings. The van der Waals surface area contributed by atoms with Crippen LogP contribution in [0.4, 0.5) is 0 Å². The van der Waals surface area contributed by atoms with E-state index in [4.69, 9.17) is 0 Å². The zero-order valence-electron chi connectivity index (χ0n) is 12.6. The molecule has 1 aromatic heterocycles. The average Bonchev–Trinajstić information content (AvgIpc) is 2.99. The fraction of sp³-hybridized carbons (Fsp3) is 0.267. The number of esters is 1. The predicted molar refractivity (Wildman–Crippen MR) is 85.5 cm³/mol. The summed E-state index contributed by atoms with van der Waals surface area (Å²) in [6, 6.07) is 9.06. The molecule has 2 rings (SSSR count). The van der Waals surface area contributed by atoms with Crippen molar-refractivity contribution in [1.29, 1.82) is 0 Å². The van der Waals surface area contributed by atoms with Crippen molar-refractivity contribution in [3.63, 3.8) is 0 Å². The maximum Gasteiger partial charge on any atom is 0.349 e. The van der Waals surface area contributed by atoms with Gasteiger partial charge in [-0.1, -0.05) is 29.8 Å². The van der Waals surface area contributed by atoms with Crippen LogP contribution in [0.5, 0.6) is 0 Å². The summed E-state index contributed by atoms with van der Waals surface area (Å²) in [5.41, 5.74) is 1.99. The summed E-state index contributed by atoms with van der Waals surface area (Å²) >= 11 is 1.05. The number of benzene rings is 1. The van der Waals surface area contributed by atoms with Gasteiger partial charge in [-0.3, -0.25) is 0 Å². The first kappa shape index (κ1) is 16.7. The highest BCUT2D eigenvalue weighted by molar-refractivity contribution is 7.89. The lowest BCUT2D eigenvalue weighted by Gasteiger charge is -2.17. The number of carbonyl (C=O) groups is 1. The Balaban J connectivity index is 2.28. The average molecular weight is 339 g/mol. The monoisotopic (exact) mass is 339 g/mol. The van der Waals surface area contributed by atoms with E-state index in [1.54, 1.807) is 5.38 Å². The molecule has 7 heteroatoms. The number of nitrogens with zero attached hydrogens (tertiary/aromatic N) is 1. The first-order valence-electron chi connectivity index (χ1n) is 6.54. The minimum atomic E-state index is -3.75. The molecule has 1 heterocycles. The smallest absolute Gasteiger partial charge is 0.349 e. The van der Waals surface area contributed by atoms with Crippen LogP contribution in [0.25, 0.3) is 0 Å². The second-order valence-electron chi connectivity index (χ2n) is 4.85. The molecule has 0 saturated carbocycles. The van der Waals surface area contributed by atoms with Gasteiger partial charge in [-0.05, 0) is 23.9 Å². The number of sulfonamides is 1. The molecule has 0 unspecified atom stereocenters. The molecule has 0 bridgehead atoms. The predicted octanol–water partition coefficient (Wildman–Crippen LogP) is 2.66. The lowest BCUT2D eigenvalue weighted by molar-refractivity contribution is 0.0602. The molecule has 0 fully saturated rings. The van der Waals surface area contributed by atoms with E-state index in [2.05, 4.69) is 4.74 Å². The van der Waals surface area contributed by atoms with E-state index < -0.39 is 16.0 Å². The largest absolute Gasteiger partial charge is 0.465 e. The Labute approximate surface area is 134 Å². The van der Waals surface area contributed by atoms with Crippen molar-refractivity contribution in [3.8, 4) is 0 Å². The minimum absolute atomic E-state index is 0.0149. The highest BCUT2D eigenvalue weighted by atomic mass is 32.2. The lowest BCUT2D eigenvalue weighted by atomic mass is 10.1. The number of hydrogen-bond donors (Lipinski definition) is 0. The lowest BCUT2D eigenvalue weighted by Crippen LogP contribution is -2.27. The summed E-state index contributed by atoms with van der Waals surface area (Å²) < 4.78 is 31.1. The second-order valence-corrected chi connectivity index (χ2v) is 7.78. The van der Waals surface area contributed by atoms with E-state index >= 15 is 0 Å². The zero-order chi connectivity index (χ0) is 16.3. The van der Waals surface area contributed by atoms with E-state index in [-0.39, 0.29) is 16.3 Å². The Hall–Kier alpha value is -1.70. The third-order valence-electron chi connectivity index (χ3n) is 3.21. The van der Waals surface area contributed by atoms with E-state index in [0.29, 0.717) is 0 Å². The Kier molecular flexibility index (Phi) is 5.00. The summed E-state index contributed by atoms with van der Waals surface area (Å²) in [5, 5.41) is 1.57. The van der Waals surface area contributed by atoms with Crippen molar-refractivity contribution in [2.45, 2.75) is 18.4 Å². The summed E-state index contributed by atoms with van der Waals surface area (Å²) in [5.74, 6) is -0.641. The Morgan fingerprint density at radius 3 is 2.45 bits per heavy atom. The number of methoxy groups -OCH3 is 1. The van der Waals surface area contributed by atoms with Crippen LogP contribution in [-0.2, 0) is 21.3 Å². The van der Waals surface area contributed by atoms with Crippen molar-refractivity contribution in [1.82, 2.24) is 4.31 Å². The van der Waals surface area contributed by atoms with Crippen molar-refractivity contribution in [2.75, 3.05) is 14.2 Å². The third kappa shape index (κ3) is 3.37. The van der Waals surface area contributed by atoms with Crippen LogP contribution in [0, 0.1) is 6.92 Å². The van der Waals surface area contributed by atoms with Gasteiger partial charge in [0, 0.05) is 13.6 Å². The fourth-order valence-electron chi connectivity index (χ4n) is 1.95. The molecule has 0 amide bonds.